The lowest BCUT2D eigenvalue weighted by molar-refractivity contribution is -0.135. The molecule has 0 bridgehead atoms. The van der Waals surface area contributed by atoms with Crippen LogP contribution in [0.2, 0.25) is 0 Å². The molecule has 0 saturated heterocycles. The molecule has 1 aromatic rings. The normalized spacial score (nSPS) is 14.1. The molecular formula is C13H19F3N2O2S. The zero-order chi connectivity index (χ0) is 16.1. The van der Waals surface area contributed by atoms with Gasteiger partial charge < -0.3 is 5.32 Å². The highest BCUT2D eigenvalue weighted by Crippen LogP contribution is 2.21. The van der Waals surface area contributed by atoms with E-state index in [4.69, 9.17) is 0 Å². The summed E-state index contributed by atoms with van der Waals surface area (Å²) in [5.74, 6) is 0. The molecule has 0 aliphatic carbocycles. The average molecular weight is 324 g/mol. The van der Waals surface area contributed by atoms with Gasteiger partial charge >= 0.3 is 6.18 Å². The molecule has 0 aliphatic heterocycles. The van der Waals surface area contributed by atoms with E-state index in [2.05, 4.69) is 10.0 Å². The summed E-state index contributed by atoms with van der Waals surface area (Å²) in [5, 5.41) is 3.02. The molecule has 1 aromatic carbocycles. The second kappa shape index (κ2) is 7.24. The van der Waals surface area contributed by atoms with E-state index in [0.29, 0.717) is 0 Å². The zero-order valence-electron chi connectivity index (χ0n) is 11.9. The second-order valence-corrected chi connectivity index (χ2v) is 6.46. The fourth-order valence-electron chi connectivity index (χ4n) is 1.68. The summed E-state index contributed by atoms with van der Waals surface area (Å²) in [4.78, 5) is 0.0431. The first-order valence-corrected chi connectivity index (χ1v) is 7.97. The largest absolute Gasteiger partial charge is 0.389 e. The standard InChI is InChI=1S/C13H19F3N2O2S/c1-10(17-2)11-4-6-12(7-5-11)21(19,20)18-9-3-8-13(14,15)16/h4-7,10,17-18H,3,8-9H2,1-2H3. The summed E-state index contributed by atoms with van der Waals surface area (Å²) < 4.78 is 61.9. The van der Waals surface area contributed by atoms with Gasteiger partial charge in [-0.2, -0.15) is 13.2 Å². The Morgan fingerprint density at radius 2 is 1.76 bits per heavy atom. The van der Waals surface area contributed by atoms with Gasteiger partial charge in [-0.15, -0.1) is 0 Å². The van der Waals surface area contributed by atoms with Crippen molar-refractivity contribution in [1.82, 2.24) is 10.0 Å². The molecule has 0 spiro atoms. The smallest absolute Gasteiger partial charge is 0.313 e. The predicted octanol–water partition coefficient (Wildman–Crippen LogP) is 2.59. The minimum absolute atomic E-state index is 0.0431. The van der Waals surface area contributed by atoms with E-state index in [1.165, 1.54) is 12.1 Å². The van der Waals surface area contributed by atoms with Crippen LogP contribution < -0.4 is 10.0 Å². The Labute approximate surface area is 122 Å². The lowest BCUT2D eigenvalue weighted by Gasteiger charge is -2.12. The van der Waals surface area contributed by atoms with Gasteiger partial charge in [-0.1, -0.05) is 12.1 Å². The number of hydrogen-bond donors (Lipinski definition) is 2. The molecule has 0 amide bonds. The Morgan fingerprint density at radius 3 is 2.24 bits per heavy atom. The van der Waals surface area contributed by atoms with Crippen LogP contribution in [0.4, 0.5) is 13.2 Å². The van der Waals surface area contributed by atoms with Crippen LogP contribution in [0.15, 0.2) is 29.2 Å². The molecule has 0 radical (unpaired) electrons. The van der Waals surface area contributed by atoms with E-state index >= 15 is 0 Å². The summed E-state index contributed by atoms with van der Waals surface area (Å²) in [6, 6.07) is 6.31. The zero-order valence-corrected chi connectivity index (χ0v) is 12.7. The van der Waals surface area contributed by atoms with Gasteiger partial charge in [-0.3, -0.25) is 0 Å². The summed E-state index contributed by atoms with van der Waals surface area (Å²) in [6.07, 6.45) is -5.55. The highest BCUT2D eigenvalue weighted by molar-refractivity contribution is 7.89. The number of hydrogen-bond acceptors (Lipinski definition) is 3. The van der Waals surface area contributed by atoms with Crippen LogP contribution >= 0.6 is 0 Å². The third-order valence-corrected chi connectivity index (χ3v) is 4.53. The van der Waals surface area contributed by atoms with Crippen LogP contribution in [-0.2, 0) is 10.0 Å². The van der Waals surface area contributed by atoms with Crippen molar-refractivity contribution in [2.45, 2.75) is 36.9 Å². The maximum atomic E-state index is 12.0. The lowest BCUT2D eigenvalue weighted by Crippen LogP contribution is -2.26. The van der Waals surface area contributed by atoms with Crippen molar-refractivity contribution >= 4 is 10.0 Å². The molecule has 21 heavy (non-hydrogen) atoms. The van der Waals surface area contributed by atoms with Crippen LogP contribution in [0.5, 0.6) is 0 Å². The van der Waals surface area contributed by atoms with Crippen LogP contribution in [0.1, 0.15) is 31.4 Å². The van der Waals surface area contributed by atoms with Gasteiger partial charge in [0.1, 0.15) is 0 Å². The lowest BCUT2D eigenvalue weighted by atomic mass is 10.1. The Morgan fingerprint density at radius 1 is 1.19 bits per heavy atom. The van der Waals surface area contributed by atoms with E-state index in [1.54, 1.807) is 19.2 Å². The van der Waals surface area contributed by atoms with Gasteiger partial charge in [0.05, 0.1) is 4.90 Å². The van der Waals surface area contributed by atoms with Gasteiger partial charge in [0.25, 0.3) is 0 Å². The van der Waals surface area contributed by atoms with Crippen LogP contribution in [-0.4, -0.2) is 28.2 Å². The molecule has 1 unspecified atom stereocenters. The average Bonchev–Trinajstić information content (AvgIpc) is 2.42. The highest BCUT2D eigenvalue weighted by atomic mass is 32.2. The highest BCUT2D eigenvalue weighted by Gasteiger charge is 2.26. The first-order chi connectivity index (χ1) is 9.65. The van der Waals surface area contributed by atoms with E-state index in [9.17, 15) is 21.6 Å². The minimum Gasteiger partial charge on any atom is -0.313 e. The summed E-state index contributed by atoms with van der Waals surface area (Å²) in [7, 11) is -1.98. The Balaban J connectivity index is 2.62. The first kappa shape index (κ1) is 17.9. The second-order valence-electron chi connectivity index (χ2n) is 4.70. The van der Waals surface area contributed by atoms with Crippen molar-refractivity contribution in [3.05, 3.63) is 29.8 Å². The monoisotopic (exact) mass is 324 g/mol. The molecule has 0 saturated carbocycles. The third kappa shape index (κ3) is 6.03. The summed E-state index contributed by atoms with van der Waals surface area (Å²) >= 11 is 0. The molecule has 8 heteroatoms. The molecule has 0 aromatic heterocycles. The molecule has 4 nitrogen and oxygen atoms in total. The Hall–Kier alpha value is -1.12. The van der Waals surface area contributed by atoms with E-state index in [0.717, 1.165) is 5.56 Å². The summed E-state index contributed by atoms with van der Waals surface area (Å²) in [5.41, 5.74) is 0.925. The molecule has 1 rings (SSSR count). The number of benzene rings is 1. The third-order valence-electron chi connectivity index (χ3n) is 3.05. The van der Waals surface area contributed by atoms with Crippen molar-refractivity contribution in [3.8, 4) is 0 Å². The first-order valence-electron chi connectivity index (χ1n) is 6.49. The van der Waals surface area contributed by atoms with Gasteiger partial charge in [-0.25, -0.2) is 13.1 Å². The molecule has 1 atom stereocenters. The van der Waals surface area contributed by atoms with Crippen LogP contribution in [0.25, 0.3) is 0 Å². The van der Waals surface area contributed by atoms with Gasteiger partial charge in [0, 0.05) is 19.0 Å². The number of halogens is 3. The van der Waals surface area contributed by atoms with Crippen molar-refractivity contribution in [3.63, 3.8) is 0 Å². The number of rotatable bonds is 7. The van der Waals surface area contributed by atoms with Crippen molar-refractivity contribution in [2.75, 3.05) is 13.6 Å². The number of nitrogens with one attached hydrogen (secondary N) is 2. The van der Waals surface area contributed by atoms with Crippen LogP contribution in [0, 0.1) is 0 Å². The molecular weight excluding hydrogens is 305 g/mol. The molecule has 0 heterocycles. The van der Waals surface area contributed by atoms with E-state index in [1.807, 2.05) is 6.92 Å². The van der Waals surface area contributed by atoms with Crippen molar-refractivity contribution in [2.24, 2.45) is 0 Å². The van der Waals surface area contributed by atoms with E-state index in [-0.39, 0.29) is 23.9 Å². The van der Waals surface area contributed by atoms with Gasteiger partial charge in [-0.05, 0) is 38.1 Å². The molecule has 0 aliphatic rings. The topological polar surface area (TPSA) is 58.2 Å². The molecule has 120 valence electrons. The SMILES string of the molecule is CNC(C)c1ccc(S(=O)(=O)NCCCC(F)(F)F)cc1. The molecule has 0 fully saturated rings. The minimum atomic E-state index is -4.27. The Bertz CT molecular complexity index is 542. The predicted molar refractivity (Wildman–Crippen MR) is 74.4 cm³/mol. The van der Waals surface area contributed by atoms with Crippen molar-refractivity contribution in [1.29, 1.82) is 0 Å². The number of alkyl halides is 3. The van der Waals surface area contributed by atoms with E-state index < -0.39 is 22.6 Å². The molecule has 2 N–H and O–H groups in total. The van der Waals surface area contributed by atoms with Crippen LogP contribution in [0.3, 0.4) is 0 Å². The van der Waals surface area contributed by atoms with Gasteiger partial charge in [0.15, 0.2) is 0 Å². The number of sulfonamides is 1. The van der Waals surface area contributed by atoms with Crippen molar-refractivity contribution < 1.29 is 21.6 Å². The fourth-order valence-corrected chi connectivity index (χ4v) is 2.76. The maximum absolute atomic E-state index is 12.0. The fraction of sp³-hybridized carbons (Fsp3) is 0.538. The quantitative estimate of drug-likeness (QED) is 0.758. The Kier molecular flexibility index (Phi) is 6.18. The van der Waals surface area contributed by atoms with Gasteiger partial charge in [0.2, 0.25) is 10.0 Å². The summed E-state index contributed by atoms with van der Waals surface area (Å²) in [6.45, 7) is 1.69. The maximum Gasteiger partial charge on any atom is 0.389 e.